The topological polar surface area (TPSA) is 282 Å². The Bertz CT molecular complexity index is 1040. The number of ether oxygens (including phenoxy) is 1. The van der Waals surface area contributed by atoms with Crippen LogP contribution in [0.1, 0.15) is 11.8 Å². The van der Waals surface area contributed by atoms with E-state index >= 15 is 0 Å². The third-order valence-corrected chi connectivity index (χ3v) is 7.30. The highest BCUT2D eigenvalue weighted by Gasteiger charge is 2.45. The summed E-state index contributed by atoms with van der Waals surface area (Å²) in [5, 5.41) is 20.1. The molecule has 0 amide bonds. The van der Waals surface area contributed by atoms with E-state index in [2.05, 4.69) is 24.7 Å². The molecule has 1 aliphatic heterocycles. The van der Waals surface area contributed by atoms with E-state index in [9.17, 15) is 48.3 Å². The lowest BCUT2D eigenvalue weighted by Crippen LogP contribution is -2.36. The fourth-order valence-electron chi connectivity index (χ4n) is 2.38. The molecule has 0 spiro atoms. The first-order valence-corrected chi connectivity index (χ1v) is 12.2. The molecule has 1 saturated heterocycles. The maximum atomic E-state index is 12.0. The Morgan fingerprint density at radius 2 is 1.81 bits per heavy atom. The molecular formula is C11H14N3O14P3-4. The normalized spacial score (nSPS) is 28.1. The van der Waals surface area contributed by atoms with Gasteiger partial charge in [0, 0.05) is 11.8 Å². The first-order chi connectivity index (χ1) is 14.1. The molecule has 17 nitrogen and oxygen atoms in total. The molecular weight excluding hydrogens is 491 g/mol. The lowest BCUT2D eigenvalue weighted by atomic mass is 10.1. The summed E-state index contributed by atoms with van der Waals surface area (Å²) < 4.78 is 49.4. The third kappa shape index (κ3) is 6.84. The highest BCUT2D eigenvalue weighted by Crippen LogP contribution is 2.60. The molecule has 1 aromatic rings. The van der Waals surface area contributed by atoms with Crippen molar-refractivity contribution in [3.63, 3.8) is 0 Å². The van der Waals surface area contributed by atoms with Gasteiger partial charge in [0.05, 0.1) is 14.4 Å². The number of phosphoric acid groups is 3. The molecule has 176 valence electrons. The van der Waals surface area contributed by atoms with Gasteiger partial charge in [-0.25, -0.2) is 9.11 Å². The second-order valence-electron chi connectivity index (χ2n) is 5.82. The van der Waals surface area contributed by atoms with Gasteiger partial charge in [0.2, 0.25) is 0 Å². The van der Waals surface area contributed by atoms with Gasteiger partial charge in [-0.15, -0.1) is 0 Å². The number of nitrogens with zero attached hydrogens (tertiary/aromatic N) is 2. The third-order valence-electron chi connectivity index (χ3n) is 3.64. The predicted molar refractivity (Wildman–Crippen MR) is 89.9 cm³/mol. The molecule has 0 aromatic carbocycles. The van der Waals surface area contributed by atoms with Crippen molar-refractivity contribution in [3.05, 3.63) is 28.8 Å². The van der Waals surface area contributed by atoms with E-state index in [0.29, 0.717) is 0 Å². The Kier molecular flexibility index (Phi) is 7.78. The van der Waals surface area contributed by atoms with Gasteiger partial charge in [-0.2, -0.15) is 4.98 Å². The van der Waals surface area contributed by atoms with E-state index < -0.39 is 60.3 Å². The van der Waals surface area contributed by atoms with Crippen molar-refractivity contribution in [2.24, 2.45) is 0 Å². The number of aliphatic hydroxyl groups excluding tert-OH is 2. The Hall–Kier alpha value is -1.29. The molecule has 4 N–H and O–H groups in total. The largest absolute Gasteiger partial charge is 0.790 e. The lowest BCUT2D eigenvalue weighted by Gasteiger charge is -2.37. The number of phosphoric ester groups is 1. The van der Waals surface area contributed by atoms with Crippen molar-refractivity contribution in [1.82, 2.24) is 9.55 Å². The molecule has 6 unspecified atom stereocenters. The van der Waals surface area contributed by atoms with E-state index in [0.717, 1.165) is 10.8 Å². The summed E-state index contributed by atoms with van der Waals surface area (Å²) in [5.74, 6) is -0.182. The Balaban J connectivity index is 2.12. The van der Waals surface area contributed by atoms with Gasteiger partial charge in [0.15, 0.2) is 6.23 Å². The monoisotopic (exact) mass is 505 g/mol. The standard InChI is InChI=1S/C11H18N3O14P3/c1-2-5-3-14(11(17)13-9(5)12)10-8(16)7(15)6(26-10)4-25-30(21,22)28-31(23,24)27-29(18,19)20/h2-3,6-8,10,15-16H,1,4H2,(H,21,22)(H,23,24)(H2,12,13,17)(H2,18,19,20)/p-4. The summed E-state index contributed by atoms with van der Waals surface area (Å²) in [4.78, 5) is 58.7. The number of nitrogen functional groups attached to an aromatic ring is 1. The van der Waals surface area contributed by atoms with Crippen LogP contribution in [-0.2, 0) is 31.6 Å². The molecule has 31 heavy (non-hydrogen) atoms. The molecule has 0 aliphatic carbocycles. The van der Waals surface area contributed by atoms with Crippen molar-refractivity contribution in [2.45, 2.75) is 24.5 Å². The van der Waals surface area contributed by atoms with E-state index in [1.54, 1.807) is 0 Å². The number of aromatic nitrogens is 2. The van der Waals surface area contributed by atoms with Crippen LogP contribution < -0.4 is 31.0 Å². The second kappa shape index (κ2) is 9.29. The lowest BCUT2D eigenvalue weighted by molar-refractivity contribution is -0.339. The SMILES string of the molecule is C=Cc1cn(C2OC(COP(=O)([O-])OP(=O)([O-])OP(=O)([O-])[O-])C(O)C2O)c(=O)nc1N. The summed E-state index contributed by atoms with van der Waals surface area (Å²) in [7, 11) is -18.2. The molecule has 0 radical (unpaired) electrons. The van der Waals surface area contributed by atoms with Crippen LogP contribution in [0.3, 0.4) is 0 Å². The predicted octanol–water partition coefficient (Wildman–Crippen LogP) is -4.10. The zero-order valence-corrected chi connectivity index (χ0v) is 17.7. The van der Waals surface area contributed by atoms with Crippen LogP contribution in [0.2, 0.25) is 0 Å². The van der Waals surface area contributed by atoms with Crippen molar-refractivity contribution >= 4 is 35.4 Å². The molecule has 20 heteroatoms. The van der Waals surface area contributed by atoms with Gasteiger partial charge in [-0.05, 0) is 0 Å². The van der Waals surface area contributed by atoms with Crippen LogP contribution in [0, 0.1) is 0 Å². The molecule has 6 atom stereocenters. The second-order valence-corrected chi connectivity index (χ2v) is 10.1. The van der Waals surface area contributed by atoms with Crippen molar-refractivity contribution < 1.29 is 61.4 Å². The van der Waals surface area contributed by atoms with E-state index in [1.165, 1.54) is 6.08 Å². The molecule has 0 bridgehead atoms. The van der Waals surface area contributed by atoms with Gasteiger partial charge in [0.1, 0.15) is 24.1 Å². The molecule has 2 heterocycles. The minimum Gasteiger partial charge on any atom is -0.790 e. The molecule has 1 fully saturated rings. The molecule has 2 rings (SSSR count). The maximum Gasteiger partial charge on any atom is 0.351 e. The Morgan fingerprint density at radius 3 is 2.35 bits per heavy atom. The van der Waals surface area contributed by atoms with E-state index in [1.807, 2.05) is 0 Å². The smallest absolute Gasteiger partial charge is 0.351 e. The van der Waals surface area contributed by atoms with Crippen molar-refractivity contribution in [1.29, 1.82) is 0 Å². The van der Waals surface area contributed by atoms with Crippen LogP contribution in [0.4, 0.5) is 5.82 Å². The minimum atomic E-state index is -6.17. The van der Waals surface area contributed by atoms with E-state index in [4.69, 9.17) is 10.5 Å². The minimum absolute atomic E-state index is 0.169. The number of nitrogens with two attached hydrogens (primary N) is 1. The zero-order valence-electron chi connectivity index (χ0n) is 15.0. The number of hydrogen-bond acceptors (Lipinski definition) is 16. The first kappa shape index (κ1) is 26.0. The van der Waals surface area contributed by atoms with Crippen LogP contribution >= 0.6 is 23.5 Å². The van der Waals surface area contributed by atoms with Crippen LogP contribution in [0.5, 0.6) is 0 Å². The molecule has 1 aromatic heterocycles. The number of hydrogen-bond donors (Lipinski definition) is 3. The maximum absolute atomic E-state index is 12.0. The number of aliphatic hydroxyl groups is 2. The van der Waals surface area contributed by atoms with Crippen molar-refractivity contribution in [3.8, 4) is 0 Å². The van der Waals surface area contributed by atoms with Crippen LogP contribution in [0.25, 0.3) is 6.08 Å². The van der Waals surface area contributed by atoms with Crippen LogP contribution in [-0.4, -0.2) is 44.7 Å². The summed E-state index contributed by atoms with van der Waals surface area (Å²) in [6, 6.07) is 0. The Morgan fingerprint density at radius 1 is 1.19 bits per heavy atom. The van der Waals surface area contributed by atoms with Crippen LogP contribution in [0.15, 0.2) is 17.6 Å². The van der Waals surface area contributed by atoms with Gasteiger partial charge in [-0.1, -0.05) is 12.7 Å². The summed E-state index contributed by atoms with van der Waals surface area (Å²) >= 11 is 0. The van der Waals surface area contributed by atoms with Gasteiger partial charge < -0.3 is 49.3 Å². The quantitative estimate of drug-likeness (QED) is 0.269. The average molecular weight is 505 g/mol. The Labute approximate surface area is 172 Å². The van der Waals surface area contributed by atoms with Gasteiger partial charge in [0.25, 0.3) is 15.6 Å². The number of anilines is 1. The fourth-order valence-corrected chi connectivity index (χ4v) is 5.25. The van der Waals surface area contributed by atoms with Crippen molar-refractivity contribution in [2.75, 3.05) is 12.3 Å². The number of rotatable bonds is 9. The first-order valence-electron chi connectivity index (χ1n) is 7.79. The highest BCUT2D eigenvalue weighted by atomic mass is 31.3. The molecule has 1 aliphatic rings. The van der Waals surface area contributed by atoms with E-state index in [-0.39, 0.29) is 11.4 Å². The molecule has 0 saturated carbocycles. The highest BCUT2D eigenvalue weighted by molar-refractivity contribution is 7.64. The zero-order chi connectivity index (χ0) is 23.8. The summed E-state index contributed by atoms with van der Waals surface area (Å²) in [6.45, 7) is 2.28. The van der Waals surface area contributed by atoms with Gasteiger partial charge >= 0.3 is 5.69 Å². The average Bonchev–Trinajstić information content (AvgIpc) is 2.85. The summed E-state index contributed by atoms with van der Waals surface area (Å²) in [6.07, 6.45) is -4.57. The summed E-state index contributed by atoms with van der Waals surface area (Å²) in [5.41, 5.74) is 4.68. The van der Waals surface area contributed by atoms with Gasteiger partial charge in [-0.3, -0.25) is 18.0 Å². The fraction of sp³-hybridized carbons (Fsp3) is 0.455.